The summed E-state index contributed by atoms with van der Waals surface area (Å²) in [5.41, 5.74) is 6.64. The molecule has 1 rings (SSSR count). The number of nitrogens with zero attached hydrogens (tertiary/aromatic N) is 1. The first-order chi connectivity index (χ1) is 9.37. The zero-order chi connectivity index (χ0) is 15.2. The first-order valence-electron chi connectivity index (χ1n) is 6.12. The molecule has 0 aromatic heterocycles. The highest BCUT2D eigenvalue weighted by atomic mass is 32.2. The molecule has 1 aromatic carbocycles. The minimum absolute atomic E-state index is 0.0120. The highest BCUT2D eigenvalue weighted by Gasteiger charge is 2.31. The van der Waals surface area contributed by atoms with Crippen LogP contribution >= 0.6 is 11.8 Å². The van der Waals surface area contributed by atoms with Crippen LogP contribution in [-0.2, 0) is 0 Å². The van der Waals surface area contributed by atoms with Crippen LogP contribution in [-0.4, -0.2) is 43.4 Å². The topological polar surface area (TPSA) is 38.5 Å². The Balaban J connectivity index is 2.74. The summed E-state index contributed by atoms with van der Waals surface area (Å²) < 4.78 is 40.1. The first-order valence-corrected chi connectivity index (χ1v) is 7.51. The van der Waals surface area contributed by atoms with E-state index in [-0.39, 0.29) is 11.8 Å². The van der Waals surface area contributed by atoms with Gasteiger partial charge < -0.3 is 10.5 Å². The molecule has 20 heavy (non-hydrogen) atoms. The van der Waals surface area contributed by atoms with E-state index in [1.807, 2.05) is 13.3 Å². The number of ether oxygens (including phenoxy) is 1. The summed E-state index contributed by atoms with van der Waals surface area (Å²) in [6, 6.07) is 5.85. The van der Waals surface area contributed by atoms with Gasteiger partial charge >= 0.3 is 6.36 Å². The predicted molar refractivity (Wildman–Crippen MR) is 75.9 cm³/mol. The molecule has 0 fully saturated rings. The van der Waals surface area contributed by atoms with Crippen molar-refractivity contribution in [1.29, 1.82) is 0 Å². The second-order valence-corrected chi connectivity index (χ2v) is 5.33. The highest BCUT2D eigenvalue weighted by Crippen LogP contribution is 2.25. The lowest BCUT2D eigenvalue weighted by molar-refractivity contribution is -0.274. The molecule has 0 spiro atoms. The molecule has 0 aliphatic heterocycles. The van der Waals surface area contributed by atoms with Crippen LogP contribution in [0, 0.1) is 0 Å². The molecule has 0 aliphatic rings. The number of thioether (sulfide) groups is 1. The highest BCUT2D eigenvalue weighted by molar-refractivity contribution is 7.98. The largest absolute Gasteiger partial charge is 0.573 e. The summed E-state index contributed by atoms with van der Waals surface area (Å²) in [5, 5.41) is 0. The Morgan fingerprint density at radius 1 is 1.30 bits per heavy atom. The van der Waals surface area contributed by atoms with Crippen molar-refractivity contribution < 1.29 is 17.9 Å². The van der Waals surface area contributed by atoms with Gasteiger partial charge in [0.1, 0.15) is 5.75 Å². The number of alkyl halides is 3. The molecular weight excluding hydrogens is 289 g/mol. The maximum Gasteiger partial charge on any atom is 0.573 e. The standard InChI is InChI=1S/C13H19F3N2OS/c1-18(7-8-20-2)12(9-17)10-3-5-11(6-4-10)19-13(14,15)16/h3-6,12H,7-9,17H2,1-2H3. The molecule has 0 radical (unpaired) electrons. The smallest absolute Gasteiger partial charge is 0.406 e. The van der Waals surface area contributed by atoms with E-state index in [9.17, 15) is 13.2 Å². The number of benzene rings is 1. The average molecular weight is 308 g/mol. The maximum atomic E-state index is 12.1. The molecule has 3 nitrogen and oxygen atoms in total. The molecule has 0 saturated heterocycles. The fourth-order valence-corrected chi connectivity index (χ4v) is 2.32. The van der Waals surface area contributed by atoms with E-state index in [1.165, 1.54) is 12.1 Å². The second kappa shape index (κ2) is 7.75. The van der Waals surface area contributed by atoms with Crippen molar-refractivity contribution >= 4 is 11.8 Å². The Labute approximate surface area is 121 Å². The van der Waals surface area contributed by atoms with Crippen molar-refractivity contribution in [3.05, 3.63) is 29.8 Å². The molecule has 0 saturated carbocycles. The normalized spacial score (nSPS) is 13.6. The van der Waals surface area contributed by atoms with Crippen molar-refractivity contribution in [3.8, 4) is 5.75 Å². The van der Waals surface area contributed by atoms with E-state index in [0.717, 1.165) is 17.9 Å². The third-order valence-corrected chi connectivity index (χ3v) is 3.49. The van der Waals surface area contributed by atoms with Gasteiger partial charge in [-0.25, -0.2) is 0 Å². The molecule has 0 amide bonds. The van der Waals surface area contributed by atoms with Crippen LogP contribution in [0.15, 0.2) is 24.3 Å². The summed E-state index contributed by atoms with van der Waals surface area (Å²) in [4.78, 5) is 2.09. The van der Waals surface area contributed by atoms with E-state index >= 15 is 0 Å². The van der Waals surface area contributed by atoms with Gasteiger partial charge in [0.25, 0.3) is 0 Å². The molecule has 1 unspecified atom stereocenters. The minimum Gasteiger partial charge on any atom is -0.406 e. The first kappa shape index (κ1) is 17.1. The van der Waals surface area contributed by atoms with Gasteiger partial charge in [0.05, 0.1) is 0 Å². The molecule has 2 N–H and O–H groups in total. The van der Waals surface area contributed by atoms with Crippen LogP contribution in [0.3, 0.4) is 0 Å². The van der Waals surface area contributed by atoms with Gasteiger partial charge in [-0.15, -0.1) is 13.2 Å². The van der Waals surface area contributed by atoms with Gasteiger partial charge in [-0.3, -0.25) is 4.90 Å². The van der Waals surface area contributed by atoms with Gasteiger partial charge in [-0.1, -0.05) is 12.1 Å². The van der Waals surface area contributed by atoms with E-state index in [1.54, 1.807) is 23.9 Å². The maximum absolute atomic E-state index is 12.1. The molecule has 1 atom stereocenters. The van der Waals surface area contributed by atoms with E-state index in [2.05, 4.69) is 9.64 Å². The molecule has 0 aliphatic carbocycles. The van der Waals surface area contributed by atoms with Gasteiger partial charge in [0.2, 0.25) is 0 Å². The molecular formula is C13H19F3N2OS. The number of halogens is 3. The van der Waals surface area contributed by atoms with Crippen molar-refractivity contribution in [2.24, 2.45) is 5.73 Å². The SMILES string of the molecule is CSCCN(C)C(CN)c1ccc(OC(F)(F)F)cc1. The van der Waals surface area contributed by atoms with E-state index < -0.39 is 6.36 Å². The summed E-state index contributed by atoms with van der Waals surface area (Å²) in [7, 11) is 1.95. The number of hydrogen-bond donors (Lipinski definition) is 1. The fourth-order valence-electron chi connectivity index (χ4n) is 1.85. The van der Waals surface area contributed by atoms with E-state index in [0.29, 0.717) is 6.54 Å². The minimum atomic E-state index is -4.66. The zero-order valence-corrected chi connectivity index (χ0v) is 12.3. The van der Waals surface area contributed by atoms with Crippen LogP contribution in [0.2, 0.25) is 0 Å². The van der Waals surface area contributed by atoms with Gasteiger partial charge in [-0.05, 0) is 31.0 Å². The lowest BCUT2D eigenvalue weighted by Crippen LogP contribution is -2.32. The van der Waals surface area contributed by atoms with Crippen molar-refractivity contribution in [2.45, 2.75) is 12.4 Å². The lowest BCUT2D eigenvalue weighted by Gasteiger charge is -2.27. The Hall–Kier alpha value is -0.920. The Bertz CT molecular complexity index is 398. The lowest BCUT2D eigenvalue weighted by atomic mass is 10.1. The molecule has 114 valence electrons. The Kier molecular flexibility index (Phi) is 6.64. The monoisotopic (exact) mass is 308 g/mol. The summed E-state index contributed by atoms with van der Waals surface area (Å²) in [6.45, 7) is 1.27. The molecule has 7 heteroatoms. The summed E-state index contributed by atoms with van der Waals surface area (Å²) in [6.07, 6.45) is -2.64. The van der Waals surface area contributed by atoms with Crippen LogP contribution in [0.5, 0.6) is 5.75 Å². The fraction of sp³-hybridized carbons (Fsp3) is 0.538. The van der Waals surface area contributed by atoms with Crippen LogP contribution in [0.1, 0.15) is 11.6 Å². The molecule has 0 bridgehead atoms. The van der Waals surface area contributed by atoms with E-state index in [4.69, 9.17) is 5.73 Å². The average Bonchev–Trinajstić information content (AvgIpc) is 2.37. The third-order valence-electron chi connectivity index (χ3n) is 2.90. The van der Waals surface area contributed by atoms with Crippen LogP contribution < -0.4 is 10.5 Å². The summed E-state index contributed by atoms with van der Waals surface area (Å²) >= 11 is 1.73. The van der Waals surface area contributed by atoms with Crippen molar-refractivity contribution in [2.75, 3.05) is 32.1 Å². The second-order valence-electron chi connectivity index (χ2n) is 4.34. The van der Waals surface area contributed by atoms with Gasteiger partial charge in [0, 0.05) is 24.9 Å². The van der Waals surface area contributed by atoms with Crippen LogP contribution in [0.4, 0.5) is 13.2 Å². The van der Waals surface area contributed by atoms with Crippen molar-refractivity contribution in [3.63, 3.8) is 0 Å². The van der Waals surface area contributed by atoms with Crippen molar-refractivity contribution in [1.82, 2.24) is 4.90 Å². The number of rotatable bonds is 7. The van der Waals surface area contributed by atoms with Gasteiger partial charge in [0.15, 0.2) is 0 Å². The zero-order valence-electron chi connectivity index (χ0n) is 11.5. The number of hydrogen-bond acceptors (Lipinski definition) is 4. The number of likely N-dealkylation sites (N-methyl/N-ethyl adjacent to an activating group) is 1. The number of nitrogens with two attached hydrogens (primary N) is 1. The van der Waals surface area contributed by atoms with Gasteiger partial charge in [-0.2, -0.15) is 11.8 Å². The third kappa shape index (κ3) is 5.60. The summed E-state index contributed by atoms with van der Waals surface area (Å²) in [5.74, 6) is 0.756. The Morgan fingerprint density at radius 3 is 2.35 bits per heavy atom. The molecule has 0 heterocycles. The molecule has 1 aromatic rings. The van der Waals surface area contributed by atoms with Crippen LogP contribution in [0.25, 0.3) is 0 Å². The quantitative estimate of drug-likeness (QED) is 0.840. The predicted octanol–water partition coefficient (Wildman–Crippen LogP) is 2.88. The Morgan fingerprint density at radius 2 is 1.90 bits per heavy atom.